The quantitative estimate of drug-likeness (QED) is 0.740. The van der Waals surface area contributed by atoms with Gasteiger partial charge >= 0.3 is 0 Å². The molecule has 1 aliphatic heterocycles. The summed E-state index contributed by atoms with van der Waals surface area (Å²) in [6, 6.07) is 3.68. The zero-order chi connectivity index (χ0) is 18.4. The van der Waals surface area contributed by atoms with Gasteiger partial charge in [-0.2, -0.15) is 14.6 Å². The first kappa shape index (κ1) is 16.5. The first-order valence-corrected chi connectivity index (χ1v) is 8.66. The van der Waals surface area contributed by atoms with Crippen molar-refractivity contribution in [3.63, 3.8) is 0 Å². The molecule has 1 N–H and O–H groups in total. The number of aromatic amines is 1. The van der Waals surface area contributed by atoms with Gasteiger partial charge in [-0.3, -0.25) is 19.4 Å². The maximum absolute atomic E-state index is 12.6. The molecule has 136 valence electrons. The number of H-pyrrole nitrogens is 1. The number of hydrogen-bond donors (Lipinski definition) is 1. The minimum Gasteiger partial charge on any atom is -0.340 e. The van der Waals surface area contributed by atoms with E-state index in [4.69, 9.17) is 0 Å². The topological polar surface area (TPSA) is 101 Å². The fraction of sp³-hybridized carbons (Fsp3) is 0.471. The number of amides is 1. The molecular weight excluding hydrogens is 334 g/mol. The summed E-state index contributed by atoms with van der Waals surface area (Å²) in [7, 11) is 0. The zero-order valence-electron chi connectivity index (χ0n) is 15.1. The fourth-order valence-electron chi connectivity index (χ4n) is 3.55. The van der Waals surface area contributed by atoms with Crippen molar-refractivity contribution in [3.05, 3.63) is 45.4 Å². The fourth-order valence-corrected chi connectivity index (χ4v) is 3.55. The molecule has 1 fully saturated rings. The summed E-state index contributed by atoms with van der Waals surface area (Å²) in [6.07, 6.45) is 1.000. The zero-order valence-corrected chi connectivity index (χ0v) is 15.1. The van der Waals surface area contributed by atoms with E-state index in [-0.39, 0.29) is 23.9 Å². The van der Waals surface area contributed by atoms with E-state index in [9.17, 15) is 9.59 Å². The van der Waals surface area contributed by atoms with Gasteiger partial charge in [0.15, 0.2) is 0 Å². The lowest BCUT2D eigenvalue weighted by molar-refractivity contribution is -0.129. The van der Waals surface area contributed by atoms with Crippen LogP contribution in [-0.2, 0) is 11.2 Å². The average molecular weight is 355 g/mol. The van der Waals surface area contributed by atoms with Crippen molar-refractivity contribution in [2.75, 3.05) is 13.1 Å². The minimum absolute atomic E-state index is 0.0159. The van der Waals surface area contributed by atoms with Gasteiger partial charge in [0, 0.05) is 30.5 Å². The number of carbonyl (C=O) groups is 1. The Morgan fingerprint density at radius 2 is 2.04 bits per heavy atom. The third-order valence-corrected chi connectivity index (χ3v) is 4.73. The Hall–Kier alpha value is -2.97. The predicted molar refractivity (Wildman–Crippen MR) is 94.0 cm³/mol. The lowest BCUT2D eigenvalue weighted by Crippen LogP contribution is -2.31. The Kier molecular flexibility index (Phi) is 3.86. The normalized spacial score (nSPS) is 17.3. The van der Waals surface area contributed by atoms with Gasteiger partial charge in [0.05, 0.1) is 18.2 Å². The molecule has 3 aromatic heterocycles. The lowest BCUT2D eigenvalue weighted by atomic mass is 10.2. The SMILES string of the molecule is Cc1cc(=O)n2[nH]c(CC(=O)N3CC[C@@H](n4nc(C)cc4C)C3)nc2n1. The summed E-state index contributed by atoms with van der Waals surface area (Å²) < 4.78 is 3.27. The highest BCUT2D eigenvalue weighted by atomic mass is 16.2. The van der Waals surface area contributed by atoms with Gasteiger partial charge in [-0.05, 0) is 33.3 Å². The van der Waals surface area contributed by atoms with Crippen molar-refractivity contribution in [2.24, 2.45) is 0 Å². The number of aromatic nitrogens is 6. The number of nitrogens with one attached hydrogen (secondary N) is 1. The second kappa shape index (κ2) is 6.08. The van der Waals surface area contributed by atoms with Crippen molar-refractivity contribution >= 4 is 11.7 Å². The molecule has 9 heteroatoms. The van der Waals surface area contributed by atoms with Crippen LogP contribution < -0.4 is 5.56 Å². The summed E-state index contributed by atoms with van der Waals surface area (Å²) in [6.45, 7) is 7.08. The summed E-state index contributed by atoms with van der Waals surface area (Å²) in [4.78, 5) is 34.9. The molecule has 0 unspecified atom stereocenters. The highest BCUT2D eigenvalue weighted by molar-refractivity contribution is 5.78. The van der Waals surface area contributed by atoms with E-state index in [0.29, 0.717) is 30.4 Å². The van der Waals surface area contributed by atoms with Crippen LogP contribution in [0.5, 0.6) is 0 Å². The van der Waals surface area contributed by atoms with Crippen LogP contribution in [-0.4, -0.2) is 53.3 Å². The van der Waals surface area contributed by atoms with Crippen molar-refractivity contribution in [1.82, 2.24) is 34.3 Å². The standard InChI is InChI=1S/C17H21N7O2/c1-10-7-16(26)24-17(18-10)19-14(21-24)8-15(25)22-5-4-13(9-22)23-12(3)6-11(2)20-23/h6-7,13H,4-5,8-9H2,1-3H3,(H,18,19,21)/t13-/m1/s1. The van der Waals surface area contributed by atoms with Crippen LogP contribution in [0, 0.1) is 20.8 Å². The molecule has 4 heterocycles. The lowest BCUT2D eigenvalue weighted by Gasteiger charge is -2.16. The van der Waals surface area contributed by atoms with E-state index in [1.165, 1.54) is 10.6 Å². The third-order valence-electron chi connectivity index (χ3n) is 4.73. The molecular formula is C17H21N7O2. The Labute approximate surface area is 149 Å². The molecule has 0 spiro atoms. The maximum atomic E-state index is 12.6. The molecule has 0 aliphatic carbocycles. The first-order valence-electron chi connectivity index (χ1n) is 8.66. The van der Waals surface area contributed by atoms with Crippen molar-refractivity contribution in [1.29, 1.82) is 0 Å². The summed E-state index contributed by atoms with van der Waals surface area (Å²) in [5.74, 6) is 0.720. The Bertz CT molecular complexity index is 1050. The Balaban J connectivity index is 1.48. The average Bonchev–Trinajstić information content (AvgIpc) is 3.25. The second-order valence-electron chi connectivity index (χ2n) is 6.87. The second-order valence-corrected chi connectivity index (χ2v) is 6.87. The van der Waals surface area contributed by atoms with Crippen LogP contribution in [0.2, 0.25) is 0 Å². The van der Waals surface area contributed by atoms with Gasteiger partial charge < -0.3 is 4.90 Å². The van der Waals surface area contributed by atoms with Crippen molar-refractivity contribution < 1.29 is 4.79 Å². The number of hydrogen-bond acceptors (Lipinski definition) is 5. The van der Waals surface area contributed by atoms with E-state index >= 15 is 0 Å². The molecule has 0 saturated carbocycles. The summed E-state index contributed by atoms with van der Waals surface area (Å²) in [5, 5.41) is 7.40. The molecule has 3 aromatic rings. The highest BCUT2D eigenvalue weighted by Gasteiger charge is 2.29. The molecule has 0 radical (unpaired) electrons. The van der Waals surface area contributed by atoms with Gasteiger partial charge in [-0.15, -0.1) is 0 Å². The minimum atomic E-state index is -0.232. The monoisotopic (exact) mass is 355 g/mol. The number of likely N-dealkylation sites (tertiary alicyclic amines) is 1. The van der Waals surface area contributed by atoms with Gasteiger partial charge in [-0.1, -0.05) is 0 Å². The molecule has 0 aromatic carbocycles. The van der Waals surface area contributed by atoms with Crippen LogP contribution in [0.4, 0.5) is 0 Å². The molecule has 1 saturated heterocycles. The van der Waals surface area contributed by atoms with Crippen molar-refractivity contribution in [3.8, 4) is 0 Å². The number of nitrogens with zero attached hydrogens (tertiary/aromatic N) is 6. The van der Waals surface area contributed by atoms with Gasteiger partial charge in [0.25, 0.3) is 11.3 Å². The van der Waals surface area contributed by atoms with Crippen LogP contribution in [0.25, 0.3) is 5.78 Å². The number of fused-ring (bicyclic) bond motifs is 1. The number of carbonyl (C=O) groups excluding carboxylic acids is 1. The van der Waals surface area contributed by atoms with Crippen LogP contribution >= 0.6 is 0 Å². The smallest absolute Gasteiger partial charge is 0.274 e. The predicted octanol–water partition coefficient (Wildman–Crippen LogP) is 0.555. The molecule has 26 heavy (non-hydrogen) atoms. The summed E-state index contributed by atoms with van der Waals surface area (Å²) in [5.41, 5.74) is 2.47. The molecule has 9 nitrogen and oxygen atoms in total. The largest absolute Gasteiger partial charge is 0.340 e. The van der Waals surface area contributed by atoms with E-state index in [1.54, 1.807) is 6.92 Å². The Morgan fingerprint density at radius 1 is 1.23 bits per heavy atom. The van der Waals surface area contributed by atoms with Crippen LogP contribution in [0.3, 0.4) is 0 Å². The highest BCUT2D eigenvalue weighted by Crippen LogP contribution is 2.23. The van der Waals surface area contributed by atoms with E-state index in [0.717, 1.165) is 17.8 Å². The first-order chi connectivity index (χ1) is 12.4. The number of aryl methyl sites for hydroxylation is 3. The van der Waals surface area contributed by atoms with Gasteiger partial charge in [-0.25, -0.2) is 4.98 Å². The third kappa shape index (κ3) is 2.89. The molecule has 1 atom stereocenters. The van der Waals surface area contributed by atoms with E-state index < -0.39 is 0 Å². The summed E-state index contributed by atoms with van der Waals surface area (Å²) >= 11 is 0. The molecule has 1 aliphatic rings. The number of rotatable bonds is 3. The van der Waals surface area contributed by atoms with Crippen LogP contribution in [0.15, 0.2) is 16.9 Å². The Morgan fingerprint density at radius 3 is 2.77 bits per heavy atom. The molecule has 0 bridgehead atoms. The maximum Gasteiger partial charge on any atom is 0.274 e. The van der Waals surface area contributed by atoms with Crippen molar-refractivity contribution in [2.45, 2.75) is 39.7 Å². The van der Waals surface area contributed by atoms with Gasteiger partial charge in [0.1, 0.15) is 5.82 Å². The van der Waals surface area contributed by atoms with Gasteiger partial charge in [0.2, 0.25) is 5.91 Å². The van der Waals surface area contributed by atoms with E-state index in [2.05, 4.69) is 20.2 Å². The van der Waals surface area contributed by atoms with E-state index in [1.807, 2.05) is 29.5 Å². The van der Waals surface area contributed by atoms with Crippen LogP contribution in [0.1, 0.15) is 35.4 Å². The molecule has 1 amide bonds. The molecule has 4 rings (SSSR count).